The molecule has 0 amide bonds. The molecule has 3 aromatic rings. The third-order valence-corrected chi connectivity index (χ3v) is 5.11. The largest absolute Gasteiger partial charge is 0.390 e. The van der Waals surface area contributed by atoms with E-state index in [1.165, 1.54) is 5.56 Å². The normalized spacial score (nSPS) is 23.7. The summed E-state index contributed by atoms with van der Waals surface area (Å²) in [5.41, 5.74) is 3.67. The number of benzene rings is 1. The van der Waals surface area contributed by atoms with Crippen LogP contribution in [0.15, 0.2) is 42.6 Å². The predicted molar refractivity (Wildman–Crippen MR) is 99.7 cm³/mol. The zero-order valence-corrected chi connectivity index (χ0v) is 14.7. The van der Waals surface area contributed by atoms with E-state index in [0.29, 0.717) is 6.04 Å². The molecule has 2 heterocycles. The Morgan fingerprint density at radius 2 is 1.96 bits per heavy atom. The highest BCUT2D eigenvalue weighted by molar-refractivity contribution is 5.62. The van der Waals surface area contributed by atoms with Gasteiger partial charge in [0, 0.05) is 17.8 Å². The van der Waals surface area contributed by atoms with Crippen molar-refractivity contribution in [3.05, 3.63) is 48.2 Å². The number of nitrogens with one attached hydrogen (secondary N) is 1. The van der Waals surface area contributed by atoms with E-state index in [4.69, 9.17) is 0 Å². The lowest BCUT2D eigenvalue weighted by atomic mass is 9.83. The van der Waals surface area contributed by atoms with Gasteiger partial charge in [-0.2, -0.15) is 0 Å². The zero-order chi connectivity index (χ0) is 17.4. The molecule has 0 bridgehead atoms. The van der Waals surface area contributed by atoms with Crippen LogP contribution in [0.25, 0.3) is 17.0 Å². The Morgan fingerprint density at radius 3 is 2.72 bits per heavy atom. The summed E-state index contributed by atoms with van der Waals surface area (Å²) >= 11 is 0. The number of hydrogen-bond acceptors (Lipinski definition) is 4. The molecule has 2 aromatic heterocycles. The monoisotopic (exact) mass is 336 g/mol. The fourth-order valence-corrected chi connectivity index (χ4v) is 3.58. The Labute approximate surface area is 147 Å². The summed E-state index contributed by atoms with van der Waals surface area (Å²) in [6.07, 6.45) is 5.72. The Morgan fingerprint density at radius 1 is 1.16 bits per heavy atom. The van der Waals surface area contributed by atoms with Crippen LogP contribution in [0.1, 0.15) is 38.2 Å². The summed E-state index contributed by atoms with van der Waals surface area (Å²) in [6.45, 7) is 4.01. The zero-order valence-electron chi connectivity index (χ0n) is 14.7. The van der Waals surface area contributed by atoms with Crippen molar-refractivity contribution in [2.75, 3.05) is 5.32 Å². The summed E-state index contributed by atoms with van der Waals surface area (Å²) < 4.78 is 2.04. The van der Waals surface area contributed by atoms with Crippen LogP contribution in [-0.4, -0.2) is 31.3 Å². The standard InChI is InChI=1S/C20H24N4O/c1-14-4-3-5-15(12-14)19-23-22-18-7-6-17(13-24(18)19)21-16-8-10-20(2,25)11-9-16/h3-7,12-13,16,21,25H,8-11H2,1-2H3/t16-,20-. The highest BCUT2D eigenvalue weighted by Crippen LogP contribution is 2.30. The molecule has 130 valence electrons. The van der Waals surface area contributed by atoms with E-state index >= 15 is 0 Å². The Kier molecular flexibility index (Phi) is 3.96. The van der Waals surface area contributed by atoms with Gasteiger partial charge in [-0.3, -0.25) is 4.40 Å². The second-order valence-corrected chi connectivity index (χ2v) is 7.45. The van der Waals surface area contributed by atoms with Gasteiger partial charge in [0.15, 0.2) is 11.5 Å². The van der Waals surface area contributed by atoms with E-state index in [1.54, 1.807) is 0 Å². The van der Waals surface area contributed by atoms with Crippen LogP contribution >= 0.6 is 0 Å². The smallest absolute Gasteiger partial charge is 0.168 e. The quantitative estimate of drug-likeness (QED) is 0.763. The van der Waals surface area contributed by atoms with Gasteiger partial charge in [0.1, 0.15) is 0 Å². The molecule has 0 radical (unpaired) electrons. The van der Waals surface area contributed by atoms with Crippen molar-refractivity contribution in [1.29, 1.82) is 0 Å². The molecule has 2 N–H and O–H groups in total. The molecule has 0 spiro atoms. The molecule has 0 aliphatic heterocycles. The second kappa shape index (κ2) is 6.15. The van der Waals surface area contributed by atoms with Gasteiger partial charge in [-0.25, -0.2) is 0 Å². The fraction of sp³-hybridized carbons (Fsp3) is 0.400. The molecule has 0 unspecified atom stereocenters. The van der Waals surface area contributed by atoms with Crippen molar-refractivity contribution in [3.8, 4) is 11.4 Å². The molecule has 0 atom stereocenters. The van der Waals surface area contributed by atoms with E-state index in [1.807, 2.05) is 23.5 Å². The fourth-order valence-electron chi connectivity index (χ4n) is 3.58. The minimum Gasteiger partial charge on any atom is -0.390 e. The lowest BCUT2D eigenvalue weighted by molar-refractivity contribution is 0.0196. The van der Waals surface area contributed by atoms with Crippen LogP contribution in [0.3, 0.4) is 0 Å². The van der Waals surface area contributed by atoms with Crippen LogP contribution in [0.5, 0.6) is 0 Å². The lowest BCUT2D eigenvalue weighted by Crippen LogP contribution is -2.35. The first kappa shape index (κ1) is 16.1. The number of fused-ring (bicyclic) bond motifs is 1. The molecular weight excluding hydrogens is 312 g/mol. The summed E-state index contributed by atoms with van der Waals surface area (Å²) in [4.78, 5) is 0. The van der Waals surface area contributed by atoms with Gasteiger partial charge >= 0.3 is 0 Å². The Bertz CT molecular complexity index is 890. The van der Waals surface area contributed by atoms with Crippen molar-refractivity contribution in [2.45, 2.75) is 51.2 Å². The minimum absolute atomic E-state index is 0.400. The highest BCUT2D eigenvalue weighted by atomic mass is 16.3. The number of pyridine rings is 1. The number of hydrogen-bond donors (Lipinski definition) is 2. The minimum atomic E-state index is -0.505. The molecule has 1 fully saturated rings. The summed E-state index contributed by atoms with van der Waals surface area (Å²) in [6, 6.07) is 12.8. The van der Waals surface area contributed by atoms with Gasteiger partial charge in [-0.15, -0.1) is 10.2 Å². The molecule has 1 aliphatic carbocycles. The van der Waals surface area contributed by atoms with E-state index in [9.17, 15) is 5.11 Å². The van der Waals surface area contributed by atoms with Gasteiger partial charge < -0.3 is 10.4 Å². The number of aryl methyl sites for hydroxylation is 1. The van der Waals surface area contributed by atoms with Crippen molar-refractivity contribution in [2.24, 2.45) is 0 Å². The lowest BCUT2D eigenvalue weighted by Gasteiger charge is -2.33. The third-order valence-electron chi connectivity index (χ3n) is 5.11. The molecule has 5 heteroatoms. The van der Waals surface area contributed by atoms with Gasteiger partial charge in [0.25, 0.3) is 0 Å². The average Bonchev–Trinajstić information content (AvgIpc) is 3.00. The van der Waals surface area contributed by atoms with Crippen LogP contribution in [0.2, 0.25) is 0 Å². The van der Waals surface area contributed by atoms with E-state index < -0.39 is 5.60 Å². The molecule has 1 saturated carbocycles. The number of aliphatic hydroxyl groups is 1. The van der Waals surface area contributed by atoms with E-state index in [0.717, 1.165) is 48.4 Å². The average molecular weight is 336 g/mol. The maximum Gasteiger partial charge on any atom is 0.168 e. The van der Waals surface area contributed by atoms with Gasteiger partial charge in [0.2, 0.25) is 0 Å². The molecule has 25 heavy (non-hydrogen) atoms. The summed E-state index contributed by atoms with van der Waals surface area (Å²) in [7, 11) is 0. The van der Waals surface area contributed by atoms with Gasteiger partial charge in [0.05, 0.1) is 11.3 Å². The molecule has 4 rings (SSSR count). The predicted octanol–water partition coefficient (Wildman–Crippen LogP) is 3.81. The Hall–Kier alpha value is -2.40. The Balaban J connectivity index is 1.61. The van der Waals surface area contributed by atoms with Crippen LogP contribution in [0, 0.1) is 6.92 Å². The highest BCUT2D eigenvalue weighted by Gasteiger charge is 2.28. The molecule has 0 saturated heterocycles. The number of rotatable bonds is 3. The van der Waals surface area contributed by atoms with Crippen molar-refractivity contribution < 1.29 is 5.11 Å². The van der Waals surface area contributed by atoms with Crippen LogP contribution in [-0.2, 0) is 0 Å². The van der Waals surface area contributed by atoms with E-state index in [-0.39, 0.29) is 0 Å². The maximum atomic E-state index is 10.1. The first-order valence-corrected chi connectivity index (χ1v) is 8.91. The molecule has 5 nitrogen and oxygen atoms in total. The van der Waals surface area contributed by atoms with Crippen molar-refractivity contribution >= 4 is 11.3 Å². The molecule has 1 aliphatic rings. The van der Waals surface area contributed by atoms with Gasteiger partial charge in [-0.05, 0) is 57.7 Å². The summed E-state index contributed by atoms with van der Waals surface area (Å²) in [5, 5.41) is 22.4. The van der Waals surface area contributed by atoms with Crippen molar-refractivity contribution in [3.63, 3.8) is 0 Å². The van der Waals surface area contributed by atoms with Crippen LogP contribution < -0.4 is 5.32 Å². The molecule has 1 aromatic carbocycles. The number of anilines is 1. The number of nitrogens with zero attached hydrogens (tertiary/aromatic N) is 3. The SMILES string of the molecule is Cc1cccc(-c2nnc3ccc(N[C@H]4CC[C@](C)(O)CC4)cn23)c1. The summed E-state index contributed by atoms with van der Waals surface area (Å²) in [5.74, 6) is 0.855. The first-order valence-electron chi connectivity index (χ1n) is 8.91. The molecular formula is C20H24N4O. The van der Waals surface area contributed by atoms with Crippen LogP contribution in [0.4, 0.5) is 5.69 Å². The van der Waals surface area contributed by atoms with E-state index in [2.05, 4.69) is 52.9 Å². The van der Waals surface area contributed by atoms with Crippen molar-refractivity contribution in [1.82, 2.24) is 14.6 Å². The first-order chi connectivity index (χ1) is 12.0. The topological polar surface area (TPSA) is 62.5 Å². The maximum absolute atomic E-state index is 10.1. The number of aromatic nitrogens is 3. The second-order valence-electron chi connectivity index (χ2n) is 7.45. The third kappa shape index (κ3) is 3.37. The van der Waals surface area contributed by atoms with Gasteiger partial charge in [-0.1, -0.05) is 23.8 Å².